The molecule has 0 fully saturated rings. The van der Waals surface area contributed by atoms with Gasteiger partial charge in [-0.05, 0) is 38.8 Å². The fourth-order valence-electron chi connectivity index (χ4n) is 3.53. The average molecular weight is 490 g/mol. The highest BCUT2D eigenvalue weighted by Gasteiger charge is 2.40. The van der Waals surface area contributed by atoms with Crippen molar-refractivity contribution in [2.45, 2.75) is 95.2 Å². The Labute approximate surface area is 194 Å². The van der Waals surface area contributed by atoms with Crippen molar-refractivity contribution in [1.29, 1.82) is 0 Å². The van der Waals surface area contributed by atoms with E-state index in [1.165, 1.54) is 12.1 Å². The van der Waals surface area contributed by atoms with Crippen molar-refractivity contribution in [3.05, 3.63) is 29.8 Å². The fourth-order valence-corrected chi connectivity index (χ4v) is 6.94. The Balaban J connectivity index is 3.12. The summed E-state index contributed by atoms with van der Waals surface area (Å²) in [5.41, 5.74) is 0.885. The molecule has 0 aliphatic carbocycles. The van der Waals surface area contributed by atoms with Crippen LogP contribution in [0.4, 0.5) is 0 Å². The van der Waals surface area contributed by atoms with Crippen LogP contribution in [0.15, 0.2) is 29.2 Å². The summed E-state index contributed by atoms with van der Waals surface area (Å²) in [5, 5.41) is -1.18. The molecule has 0 spiro atoms. The van der Waals surface area contributed by atoms with Crippen molar-refractivity contribution >= 4 is 25.8 Å². The minimum atomic E-state index is -4.11. The van der Waals surface area contributed by atoms with Gasteiger partial charge in [-0.1, -0.05) is 70.1 Å². The van der Waals surface area contributed by atoms with Crippen LogP contribution >= 0.6 is 0 Å². The number of carbonyl (C=O) groups excluding carboxylic acids is 1. The number of sulfonamides is 1. The molecule has 0 radical (unpaired) electrons. The monoisotopic (exact) mass is 489 g/mol. The Morgan fingerprint density at radius 1 is 0.906 bits per heavy atom. The van der Waals surface area contributed by atoms with Crippen LogP contribution < -0.4 is 4.72 Å². The molecule has 2 atom stereocenters. The predicted octanol–water partition coefficient (Wildman–Crippen LogP) is 4.15. The maximum atomic E-state index is 13.2. The van der Waals surface area contributed by atoms with E-state index in [9.17, 15) is 21.6 Å². The highest BCUT2D eigenvalue weighted by atomic mass is 32.2. The Hall–Kier alpha value is -1.45. The van der Waals surface area contributed by atoms with Gasteiger partial charge in [-0.15, -0.1) is 0 Å². The summed E-state index contributed by atoms with van der Waals surface area (Å²) in [5.74, 6) is -0.945. The topological polar surface area (TPSA) is 107 Å². The molecule has 1 N–H and O–H groups in total. The molecule has 9 heteroatoms. The van der Waals surface area contributed by atoms with Gasteiger partial charge in [0.2, 0.25) is 10.0 Å². The van der Waals surface area contributed by atoms with Gasteiger partial charge in [-0.25, -0.2) is 16.8 Å². The Bertz CT molecular complexity index is 895. The van der Waals surface area contributed by atoms with Crippen LogP contribution in [0.1, 0.15) is 77.7 Å². The molecule has 7 nitrogen and oxygen atoms in total. The molecule has 184 valence electrons. The Kier molecular flexibility index (Phi) is 12.5. The lowest BCUT2D eigenvalue weighted by Gasteiger charge is -2.26. The number of benzene rings is 1. The lowest BCUT2D eigenvalue weighted by atomic mass is 10.1. The second kappa shape index (κ2) is 14.0. The largest absolute Gasteiger partial charge is 0.465 e. The maximum Gasteiger partial charge on any atom is 0.325 e. The van der Waals surface area contributed by atoms with E-state index in [4.69, 9.17) is 4.74 Å². The number of esters is 1. The number of sulfone groups is 1. The summed E-state index contributed by atoms with van der Waals surface area (Å²) in [4.78, 5) is 12.7. The fraction of sp³-hybridized carbons (Fsp3) is 0.696. The number of hydrogen-bond donors (Lipinski definition) is 1. The average Bonchev–Trinajstić information content (AvgIpc) is 2.73. The lowest BCUT2D eigenvalue weighted by molar-refractivity contribution is -0.145. The van der Waals surface area contributed by atoms with Crippen LogP contribution in [0.2, 0.25) is 0 Å². The molecular formula is C23H39NO6S2. The van der Waals surface area contributed by atoms with Crippen LogP contribution in [-0.2, 0) is 29.4 Å². The van der Waals surface area contributed by atoms with Crippen LogP contribution in [0.5, 0.6) is 0 Å². The summed E-state index contributed by atoms with van der Waals surface area (Å²) < 4.78 is 59.7. The molecular weight excluding hydrogens is 450 g/mol. The molecule has 0 bridgehead atoms. The molecule has 1 aromatic rings. The first-order valence-electron chi connectivity index (χ1n) is 11.6. The molecule has 1 rings (SSSR count). The number of nitrogens with one attached hydrogen (secondary N) is 1. The lowest BCUT2D eigenvalue weighted by Crippen LogP contribution is -2.52. The molecule has 0 aromatic heterocycles. The maximum absolute atomic E-state index is 13.2. The third-order valence-electron chi connectivity index (χ3n) is 5.34. The molecule has 0 aliphatic rings. The zero-order chi connectivity index (χ0) is 24.2. The molecule has 0 amide bonds. The van der Waals surface area contributed by atoms with E-state index in [1.54, 1.807) is 19.1 Å². The zero-order valence-electron chi connectivity index (χ0n) is 19.8. The van der Waals surface area contributed by atoms with E-state index in [1.807, 2.05) is 13.8 Å². The smallest absolute Gasteiger partial charge is 0.325 e. The van der Waals surface area contributed by atoms with E-state index in [0.717, 1.165) is 37.7 Å². The van der Waals surface area contributed by atoms with Crippen molar-refractivity contribution < 1.29 is 26.4 Å². The van der Waals surface area contributed by atoms with Crippen molar-refractivity contribution in [1.82, 2.24) is 4.72 Å². The van der Waals surface area contributed by atoms with E-state index < -0.39 is 37.1 Å². The van der Waals surface area contributed by atoms with E-state index >= 15 is 0 Å². The standard InChI is InChI=1S/C23H39NO6S2/c1-5-8-9-10-11-12-18-31(26,27)21(13-6-2)22(23(25)30-7-3)24-32(28,29)20-16-14-19(4)15-17-20/h14-17,21-22,24H,5-13,18H2,1-4H3/t21-,22-/m1/s1. The third-order valence-corrected chi connectivity index (χ3v) is 9.09. The van der Waals surface area contributed by atoms with E-state index in [2.05, 4.69) is 11.6 Å². The minimum absolute atomic E-state index is 0.0257. The van der Waals surface area contributed by atoms with Crippen molar-refractivity contribution in [2.24, 2.45) is 0 Å². The molecule has 1 aromatic carbocycles. The number of carbonyl (C=O) groups is 1. The second-order valence-corrected chi connectivity index (χ2v) is 12.2. The third kappa shape index (κ3) is 9.19. The number of hydrogen-bond acceptors (Lipinski definition) is 6. The van der Waals surface area contributed by atoms with Gasteiger partial charge in [0.25, 0.3) is 0 Å². The summed E-state index contributed by atoms with van der Waals surface area (Å²) >= 11 is 0. The van der Waals surface area contributed by atoms with Crippen LogP contribution in [-0.4, -0.2) is 46.5 Å². The molecule has 0 aliphatic heterocycles. The summed E-state index contributed by atoms with van der Waals surface area (Å²) in [6.07, 6.45) is 6.19. The first-order valence-corrected chi connectivity index (χ1v) is 14.8. The van der Waals surface area contributed by atoms with Crippen molar-refractivity contribution in [2.75, 3.05) is 12.4 Å². The summed E-state index contributed by atoms with van der Waals surface area (Å²) in [6.45, 7) is 7.38. The molecule has 0 heterocycles. The summed E-state index contributed by atoms with van der Waals surface area (Å²) in [7, 11) is -7.84. The summed E-state index contributed by atoms with van der Waals surface area (Å²) in [6, 6.07) is 4.66. The number of unbranched alkanes of at least 4 members (excludes halogenated alkanes) is 5. The van der Waals surface area contributed by atoms with Gasteiger partial charge in [0.15, 0.2) is 9.84 Å². The van der Waals surface area contributed by atoms with Crippen molar-refractivity contribution in [3.8, 4) is 0 Å². The van der Waals surface area contributed by atoms with Gasteiger partial charge >= 0.3 is 5.97 Å². The van der Waals surface area contributed by atoms with Crippen LogP contribution in [0.25, 0.3) is 0 Å². The molecule has 0 unspecified atom stereocenters. The van der Waals surface area contributed by atoms with Gasteiger partial charge in [0.05, 0.1) is 22.5 Å². The normalized spacial score (nSPS) is 14.1. The van der Waals surface area contributed by atoms with E-state index in [0.29, 0.717) is 12.8 Å². The van der Waals surface area contributed by atoms with Gasteiger partial charge in [0.1, 0.15) is 6.04 Å². The highest BCUT2D eigenvalue weighted by Crippen LogP contribution is 2.21. The van der Waals surface area contributed by atoms with Crippen LogP contribution in [0.3, 0.4) is 0 Å². The number of rotatable bonds is 16. The Morgan fingerprint density at radius 3 is 2.06 bits per heavy atom. The first-order chi connectivity index (χ1) is 15.1. The quantitative estimate of drug-likeness (QED) is 0.276. The van der Waals surface area contributed by atoms with Crippen LogP contribution in [0, 0.1) is 6.92 Å². The molecule has 32 heavy (non-hydrogen) atoms. The van der Waals surface area contributed by atoms with Crippen molar-refractivity contribution in [3.63, 3.8) is 0 Å². The van der Waals surface area contributed by atoms with Gasteiger partial charge in [-0.2, -0.15) is 4.72 Å². The molecule has 0 saturated heterocycles. The Morgan fingerprint density at radius 2 is 1.50 bits per heavy atom. The first kappa shape index (κ1) is 28.6. The highest BCUT2D eigenvalue weighted by molar-refractivity contribution is 7.92. The van der Waals surface area contributed by atoms with Gasteiger partial charge < -0.3 is 4.74 Å². The second-order valence-electron chi connectivity index (χ2n) is 8.13. The predicted molar refractivity (Wildman–Crippen MR) is 128 cm³/mol. The van der Waals surface area contributed by atoms with Gasteiger partial charge in [0, 0.05) is 0 Å². The SMILES string of the molecule is CCCCCCCCS(=O)(=O)[C@H](CCC)[C@@H](NS(=O)(=O)c1ccc(C)cc1)C(=O)OCC. The number of aryl methyl sites for hydroxylation is 1. The zero-order valence-corrected chi connectivity index (χ0v) is 21.4. The molecule has 0 saturated carbocycles. The minimum Gasteiger partial charge on any atom is -0.465 e. The van der Waals surface area contributed by atoms with Gasteiger partial charge in [-0.3, -0.25) is 4.79 Å². The number of ether oxygens (including phenoxy) is 1. The van der Waals surface area contributed by atoms with E-state index in [-0.39, 0.29) is 23.7 Å².